The summed E-state index contributed by atoms with van der Waals surface area (Å²) >= 11 is 0. The fraction of sp³-hybridized carbons (Fsp3) is 0.385. The van der Waals surface area contributed by atoms with Crippen molar-refractivity contribution in [2.75, 3.05) is 18.0 Å². The van der Waals surface area contributed by atoms with E-state index in [0.717, 1.165) is 68.6 Å². The van der Waals surface area contributed by atoms with Crippen molar-refractivity contribution in [1.82, 2.24) is 9.88 Å². The van der Waals surface area contributed by atoms with Gasteiger partial charge in [0.15, 0.2) is 0 Å². The molecular weight excluding hydrogens is 398 g/mol. The Hall–Kier alpha value is -3.46. The lowest BCUT2D eigenvalue weighted by Crippen LogP contribution is -2.48. The Kier molecular flexibility index (Phi) is 5.72. The monoisotopic (exact) mass is 425 g/mol. The molecule has 0 radical (unpaired) electrons. The van der Waals surface area contributed by atoms with E-state index in [4.69, 9.17) is 5.26 Å². The lowest BCUT2D eigenvalue weighted by molar-refractivity contribution is 0.0630. The Morgan fingerprint density at radius 1 is 1.03 bits per heavy atom. The average Bonchev–Trinajstić information content (AvgIpc) is 3.70. The molecule has 1 amide bonds. The number of carbonyl (C=O) groups excluding carboxylic acids is 1. The van der Waals surface area contributed by atoms with Gasteiger partial charge >= 0.3 is 0 Å². The van der Waals surface area contributed by atoms with E-state index in [0.29, 0.717) is 11.6 Å². The Morgan fingerprint density at radius 3 is 2.38 bits per heavy atom. The van der Waals surface area contributed by atoms with Gasteiger partial charge in [0.25, 0.3) is 5.91 Å². The van der Waals surface area contributed by atoms with Crippen LogP contribution in [0.25, 0.3) is 5.57 Å². The number of nitrogens with zero attached hydrogens (tertiary/aromatic N) is 5. The lowest BCUT2D eigenvalue weighted by Gasteiger charge is -2.39. The second-order valence-corrected chi connectivity index (χ2v) is 8.78. The van der Waals surface area contributed by atoms with E-state index in [1.54, 1.807) is 6.20 Å². The van der Waals surface area contributed by atoms with Crippen LogP contribution in [0.2, 0.25) is 0 Å². The number of aliphatic imine (C=N–C) groups is 1. The van der Waals surface area contributed by atoms with Crippen LogP contribution >= 0.6 is 0 Å². The molecule has 0 atom stereocenters. The van der Waals surface area contributed by atoms with Gasteiger partial charge in [-0.15, -0.1) is 0 Å². The average molecular weight is 426 g/mol. The number of allylic oxidation sites excluding steroid dienone is 1. The van der Waals surface area contributed by atoms with E-state index in [2.05, 4.69) is 38.0 Å². The zero-order valence-corrected chi connectivity index (χ0v) is 18.2. The second kappa shape index (κ2) is 8.96. The minimum atomic E-state index is 0.157. The summed E-state index contributed by atoms with van der Waals surface area (Å²) in [7, 11) is 0. The summed E-state index contributed by atoms with van der Waals surface area (Å²) < 4.78 is 0. The van der Waals surface area contributed by atoms with Crippen LogP contribution in [0.5, 0.6) is 0 Å². The highest BCUT2D eigenvalue weighted by atomic mass is 16.2. The van der Waals surface area contributed by atoms with Crippen molar-refractivity contribution in [3.8, 4) is 6.07 Å². The number of nitriles is 1. The molecule has 0 N–H and O–H groups in total. The van der Waals surface area contributed by atoms with Crippen LogP contribution in [0.4, 0.5) is 5.82 Å². The Morgan fingerprint density at radius 2 is 1.78 bits per heavy atom. The molecule has 1 aliphatic carbocycles. The molecule has 1 saturated heterocycles. The summed E-state index contributed by atoms with van der Waals surface area (Å²) in [5.74, 6) is 1.06. The summed E-state index contributed by atoms with van der Waals surface area (Å²) in [6.07, 6.45) is 11.5. The van der Waals surface area contributed by atoms with Gasteiger partial charge in [-0.05, 0) is 73.9 Å². The molecule has 5 rings (SSSR count). The molecule has 3 heterocycles. The first-order chi connectivity index (χ1) is 15.7. The first-order valence-electron chi connectivity index (χ1n) is 11.5. The maximum atomic E-state index is 13.5. The quantitative estimate of drug-likeness (QED) is 0.710. The number of carbonyl (C=O) groups is 1. The summed E-state index contributed by atoms with van der Waals surface area (Å²) in [5, 5.41) is 8.97. The van der Waals surface area contributed by atoms with Crippen molar-refractivity contribution < 1.29 is 4.79 Å². The third kappa shape index (κ3) is 4.29. The normalized spacial score (nSPS) is 18.7. The van der Waals surface area contributed by atoms with Gasteiger partial charge in [-0.3, -0.25) is 9.79 Å². The van der Waals surface area contributed by atoms with Crippen LogP contribution in [0.1, 0.15) is 60.0 Å². The van der Waals surface area contributed by atoms with Crippen LogP contribution in [0, 0.1) is 11.3 Å². The first kappa shape index (κ1) is 20.4. The van der Waals surface area contributed by atoms with Crippen LogP contribution in [-0.2, 0) is 0 Å². The molecule has 2 fully saturated rings. The summed E-state index contributed by atoms with van der Waals surface area (Å²) in [6, 6.07) is 14.5. The predicted molar refractivity (Wildman–Crippen MR) is 126 cm³/mol. The van der Waals surface area contributed by atoms with Crippen molar-refractivity contribution in [2.24, 2.45) is 4.99 Å². The van der Waals surface area contributed by atoms with Gasteiger partial charge in [-0.2, -0.15) is 5.26 Å². The zero-order chi connectivity index (χ0) is 21.9. The van der Waals surface area contributed by atoms with Crippen LogP contribution in [-0.4, -0.2) is 47.2 Å². The number of hydrogen-bond acceptors (Lipinski definition) is 5. The van der Waals surface area contributed by atoms with Gasteiger partial charge < -0.3 is 9.80 Å². The fourth-order valence-corrected chi connectivity index (χ4v) is 4.69. The highest BCUT2D eigenvalue weighted by molar-refractivity contribution is 5.95. The number of amides is 1. The van der Waals surface area contributed by atoms with E-state index >= 15 is 0 Å². The van der Waals surface area contributed by atoms with Gasteiger partial charge in [-0.25, -0.2) is 4.98 Å². The van der Waals surface area contributed by atoms with E-state index < -0.39 is 0 Å². The Bertz CT molecular complexity index is 1070. The molecule has 1 aromatic heterocycles. The third-order valence-electron chi connectivity index (χ3n) is 6.61. The van der Waals surface area contributed by atoms with Crippen LogP contribution in [0.3, 0.4) is 0 Å². The largest absolute Gasteiger partial charge is 0.356 e. The van der Waals surface area contributed by atoms with Crippen molar-refractivity contribution in [3.63, 3.8) is 0 Å². The third-order valence-corrected chi connectivity index (χ3v) is 6.61. The number of anilines is 1. The molecule has 1 aromatic carbocycles. The Balaban J connectivity index is 1.26. The first-order valence-corrected chi connectivity index (χ1v) is 11.5. The number of piperidine rings is 1. The standard InChI is InChI=1S/C26H27N5O/c27-16-19-3-10-25(29-17-19)30-14-11-24(12-15-30)31(23-8-9-23)26(32)21-6-4-20(5-7-21)22-2-1-13-28-18-22/h3-7,10,13,17-18,23-24H,1-2,8-9,11-12,14-15H2. The highest BCUT2D eigenvalue weighted by Gasteiger charge is 2.39. The van der Waals surface area contributed by atoms with Gasteiger partial charge in [0.05, 0.1) is 5.56 Å². The summed E-state index contributed by atoms with van der Waals surface area (Å²) in [4.78, 5) is 26.6. The number of pyridine rings is 1. The summed E-state index contributed by atoms with van der Waals surface area (Å²) in [5.41, 5.74) is 3.73. The molecule has 162 valence electrons. The number of rotatable bonds is 5. The summed E-state index contributed by atoms with van der Waals surface area (Å²) in [6.45, 7) is 1.74. The van der Waals surface area contributed by atoms with Gasteiger partial charge in [0.1, 0.15) is 11.9 Å². The predicted octanol–water partition coefficient (Wildman–Crippen LogP) is 4.43. The molecule has 6 nitrogen and oxygen atoms in total. The molecule has 2 aromatic rings. The minimum Gasteiger partial charge on any atom is -0.356 e. The van der Waals surface area contributed by atoms with Crippen molar-refractivity contribution >= 4 is 23.5 Å². The maximum absolute atomic E-state index is 13.5. The van der Waals surface area contributed by atoms with Crippen LogP contribution in [0.15, 0.2) is 53.8 Å². The number of benzene rings is 1. The van der Waals surface area contributed by atoms with Crippen molar-refractivity contribution in [2.45, 2.75) is 50.6 Å². The molecule has 0 spiro atoms. The van der Waals surface area contributed by atoms with E-state index in [1.807, 2.05) is 36.7 Å². The Labute approximate surface area is 188 Å². The minimum absolute atomic E-state index is 0.157. The molecule has 0 bridgehead atoms. The fourth-order valence-electron chi connectivity index (χ4n) is 4.69. The lowest BCUT2D eigenvalue weighted by atomic mass is 9.98. The molecular formula is C26H27N5O. The highest BCUT2D eigenvalue weighted by Crippen LogP contribution is 2.34. The van der Waals surface area contributed by atoms with E-state index in [1.165, 1.54) is 5.57 Å². The zero-order valence-electron chi connectivity index (χ0n) is 18.2. The molecule has 6 heteroatoms. The molecule has 3 aliphatic rings. The van der Waals surface area contributed by atoms with Gasteiger partial charge in [0.2, 0.25) is 0 Å². The molecule has 0 unspecified atom stereocenters. The van der Waals surface area contributed by atoms with Crippen LogP contribution < -0.4 is 4.90 Å². The van der Waals surface area contributed by atoms with Crippen molar-refractivity contribution in [1.29, 1.82) is 5.26 Å². The van der Waals surface area contributed by atoms with Crippen molar-refractivity contribution in [3.05, 3.63) is 65.5 Å². The maximum Gasteiger partial charge on any atom is 0.254 e. The number of aromatic nitrogens is 1. The molecule has 1 saturated carbocycles. The SMILES string of the molecule is N#Cc1ccc(N2CCC(N(C(=O)c3ccc(C4=CN=CCC4)cc3)C3CC3)CC2)nc1. The second-order valence-electron chi connectivity index (χ2n) is 8.78. The molecule has 2 aliphatic heterocycles. The number of hydrogen-bond donors (Lipinski definition) is 0. The smallest absolute Gasteiger partial charge is 0.254 e. The van der Waals surface area contributed by atoms with Gasteiger partial charge in [-0.1, -0.05) is 12.1 Å². The topological polar surface area (TPSA) is 72.6 Å². The van der Waals surface area contributed by atoms with Gasteiger partial charge in [0, 0.05) is 49.3 Å². The molecule has 32 heavy (non-hydrogen) atoms. The van der Waals surface area contributed by atoms with E-state index in [9.17, 15) is 4.79 Å². The van der Waals surface area contributed by atoms with E-state index in [-0.39, 0.29) is 11.9 Å².